The van der Waals surface area contributed by atoms with Crippen LogP contribution in [0, 0.1) is 23.2 Å². The van der Waals surface area contributed by atoms with E-state index in [1.807, 2.05) is 12.1 Å². The van der Waals surface area contributed by atoms with Crippen LogP contribution >= 0.6 is 11.6 Å². The lowest BCUT2D eigenvalue weighted by atomic mass is 9.55. The monoisotopic (exact) mass is 484 g/mol. The Hall–Kier alpha value is -2.87. The highest BCUT2D eigenvalue weighted by Crippen LogP contribution is 2.57. The smallest absolute Gasteiger partial charge is 0.271 e. The Morgan fingerprint density at radius 3 is 2.79 bits per heavy atom. The van der Waals surface area contributed by atoms with Gasteiger partial charge in [0.25, 0.3) is 5.91 Å². The lowest BCUT2D eigenvalue weighted by Crippen LogP contribution is -2.56. The highest BCUT2D eigenvalue weighted by Gasteiger charge is 2.60. The van der Waals surface area contributed by atoms with Gasteiger partial charge in [0, 0.05) is 34.9 Å². The second kappa shape index (κ2) is 8.41. The van der Waals surface area contributed by atoms with Crippen LogP contribution in [0.3, 0.4) is 0 Å². The Morgan fingerprint density at radius 2 is 2.15 bits per heavy atom. The van der Waals surface area contributed by atoms with Crippen LogP contribution in [0.15, 0.2) is 24.3 Å². The lowest BCUT2D eigenvalue weighted by Gasteiger charge is -2.49. The summed E-state index contributed by atoms with van der Waals surface area (Å²) >= 11 is 6.29. The number of likely N-dealkylation sites (tertiary alicyclic amines) is 1. The number of aromatic amines is 1. The molecular formula is C25H29ClN4O4. The molecule has 0 spiro atoms. The third-order valence-corrected chi connectivity index (χ3v) is 8.20. The maximum atomic E-state index is 13.6. The van der Waals surface area contributed by atoms with Gasteiger partial charge in [-0.05, 0) is 54.7 Å². The van der Waals surface area contributed by atoms with Gasteiger partial charge in [0.05, 0.1) is 6.04 Å². The van der Waals surface area contributed by atoms with Gasteiger partial charge in [0.1, 0.15) is 18.0 Å². The summed E-state index contributed by atoms with van der Waals surface area (Å²) < 4.78 is 0. The highest BCUT2D eigenvalue weighted by atomic mass is 35.5. The number of benzene rings is 1. The van der Waals surface area contributed by atoms with Crippen LogP contribution in [0.1, 0.15) is 43.6 Å². The molecule has 34 heavy (non-hydrogen) atoms. The molecular weight excluding hydrogens is 456 g/mol. The molecule has 1 saturated carbocycles. The van der Waals surface area contributed by atoms with Crippen LogP contribution in [0.4, 0.5) is 0 Å². The van der Waals surface area contributed by atoms with E-state index in [1.165, 1.54) is 0 Å². The minimum atomic E-state index is -0.771. The number of carbonyl (C=O) groups excluding carboxylic acids is 4. The number of fused-ring (bicyclic) bond motifs is 2. The fourth-order valence-corrected chi connectivity index (χ4v) is 6.56. The predicted octanol–water partition coefficient (Wildman–Crippen LogP) is 2.52. The molecule has 3 fully saturated rings. The minimum Gasteiger partial charge on any atom is -0.356 e. The average molecular weight is 485 g/mol. The lowest BCUT2D eigenvalue weighted by molar-refractivity contribution is -0.132. The van der Waals surface area contributed by atoms with Crippen LogP contribution in [0.2, 0.25) is 5.02 Å². The Kier molecular flexibility index (Phi) is 5.67. The van der Waals surface area contributed by atoms with Crippen molar-refractivity contribution in [2.75, 3.05) is 13.1 Å². The van der Waals surface area contributed by atoms with Gasteiger partial charge in [-0.3, -0.25) is 14.4 Å². The quantitative estimate of drug-likeness (QED) is 0.547. The Labute approximate surface area is 202 Å². The summed E-state index contributed by atoms with van der Waals surface area (Å²) in [5, 5.41) is 6.91. The maximum Gasteiger partial charge on any atom is 0.271 e. The largest absolute Gasteiger partial charge is 0.356 e. The van der Waals surface area contributed by atoms with Crippen molar-refractivity contribution in [1.29, 1.82) is 0 Å². The van der Waals surface area contributed by atoms with Gasteiger partial charge < -0.3 is 25.3 Å². The molecule has 3 amide bonds. The third-order valence-electron chi connectivity index (χ3n) is 7.87. The molecule has 0 bridgehead atoms. The van der Waals surface area contributed by atoms with E-state index < -0.39 is 12.1 Å². The van der Waals surface area contributed by atoms with Crippen LogP contribution < -0.4 is 10.6 Å². The molecule has 8 nitrogen and oxygen atoms in total. The number of aldehydes is 1. The summed E-state index contributed by atoms with van der Waals surface area (Å²) in [6.45, 7) is 5.31. The molecule has 2 saturated heterocycles. The molecule has 1 aliphatic carbocycles. The van der Waals surface area contributed by atoms with E-state index in [9.17, 15) is 19.2 Å². The number of amides is 3. The molecule has 5 atom stereocenters. The molecule has 0 radical (unpaired) electrons. The van der Waals surface area contributed by atoms with Gasteiger partial charge in [-0.25, -0.2) is 0 Å². The van der Waals surface area contributed by atoms with Crippen LogP contribution in [0.25, 0.3) is 10.9 Å². The van der Waals surface area contributed by atoms with Crippen LogP contribution in [-0.4, -0.2) is 59.1 Å². The standard InChI is InChI=1S/C25H29ClN4O4/c1-25(2)10-14-11-30(24(34)19-9-16-17(26)4-3-5-18(16)29-19)21(20(14)25)23(33)28-15(12-31)8-13-6-7-27-22(13)32/h3-5,9,12-15,20-21,29H,6-8,10-11H2,1-2H3,(H,27,32)(H,28,33)/t13-,14-,15-,20-,21-/m0/s1. The van der Waals surface area contributed by atoms with E-state index in [2.05, 4.69) is 29.5 Å². The molecule has 3 aliphatic rings. The predicted molar refractivity (Wildman–Crippen MR) is 127 cm³/mol. The molecule has 3 N–H and O–H groups in total. The van der Waals surface area contributed by atoms with Gasteiger partial charge in [-0.2, -0.15) is 0 Å². The summed E-state index contributed by atoms with van der Waals surface area (Å²) in [6, 6.07) is 5.72. The van der Waals surface area contributed by atoms with Gasteiger partial charge in [0.15, 0.2) is 0 Å². The molecule has 180 valence electrons. The van der Waals surface area contributed by atoms with Crippen molar-refractivity contribution in [2.24, 2.45) is 23.2 Å². The number of carbonyl (C=O) groups is 4. The third kappa shape index (κ3) is 3.78. The summed E-state index contributed by atoms with van der Waals surface area (Å²) in [5.74, 6) is -0.726. The van der Waals surface area contributed by atoms with Gasteiger partial charge >= 0.3 is 0 Å². The first kappa shape index (κ1) is 22.9. The number of H-pyrrole nitrogens is 1. The van der Waals surface area contributed by atoms with Gasteiger partial charge in [0.2, 0.25) is 11.8 Å². The molecule has 2 aliphatic heterocycles. The SMILES string of the molecule is CC1(C)C[C@H]2CN(C(=O)c3cc4c(Cl)cccc4[nH]3)[C@H](C(=O)N[C@H](C=O)C[C@@H]3CCNC3=O)[C@H]21. The number of aromatic nitrogens is 1. The number of hydrogen-bond acceptors (Lipinski definition) is 4. The first-order valence-electron chi connectivity index (χ1n) is 11.8. The van der Waals surface area contributed by atoms with E-state index in [0.717, 1.165) is 17.3 Å². The van der Waals surface area contributed by atoms with Crippen LogP contribution in [0.5, 0.6) is 0 Å². The number of hydrogen-bond donors (Lipinski definition) is 3. The van der Waals surface area contributed by atoms with Crippen LogP contribution in [-0.2, 0) is 14.4 Å². The molecule has 9 heteroatoms. The number of halogens is 1. The average Bonchev–Trinajstić information content (AvgIpc) is 3.49. The van der Waals surface area contributed by atoms with Crippen molar-refractivity contribution < 1.29 is 19.2 Å². The zero-order valence-corrected chi connectivity index (χ0v) is 20.0. The highest BCUT2D eigenvalue weighted by molar-refractivity contribution is 6.35. The van der Waals surface area contributed by atoms with Gasteiger partial charge in [-0.15, -0.1) is 0 Å². The number of nitrogens with one attached hydrogen (secondary N) is 3. The van der Waals surface area contributed by atoms with Crippen molar-refractivity contribution >= 4 is 46.5 Å². The molecule has 1 aromatic heterocycles. The molecule has 0 unspecified atom stereocenters. The summed E-state index contributed by atoms with van der Waals surface area (Å²) in [4.78, 5) is 55.6. The minimum absolute atomic E-state index is 0.00602. The number of rotatable bonds is 6. The Morgan fingerprint density at radius 1 is 1.35 bits per heavy atom. The Bertz CT molecular complexity index is 1170. The van der Waals surface area contributed by atoms with E-state index in [4.69, 9.17) is 11.6 Å². The first-order chi connectivity index (χ1) is 16.2. The normalized spacial score (nSPS) is 28.2. The number of nitrogens with zero attached hydrogens (tertiary/aromatic N) is 1. The van der Waals surface area contributed by atoms with Crippen molar-refractivity contribution in [2.45, 2.75) is 45.2 Å². The fourth-order valence-electron chi connectivity index (χ4n) is 6.33. The second-order valence-corrected chi connectivity index (χ2v) is 10.9. The second-order valence-electron chi connectivity index (χ2n) is 10.5. The van der Waals surface area contributed by atoms with Crippen molar-refractivity contribution in [3.05, 3.63) is 35.0 Å². The van der Waals surface area contributed by atoms with Crippen molar-refractivity contribution in [3.8, 4) is 0 Å². The molecule has 1 aromatic carbocycles. The topological polar surface area (TPSA) is 111 Å². The van der Waals surface area contributed by atoms with E-state index in [-0.39, 0.29) is 47.3 Å². The summed E-state index contributed by atoms with van der Waals surface area (Å²) in [6.07, 6.45) is 2.53. The van der Waals surface area contributed by atoms with E-state index >= 15 is 0 Å². The zero-order chi connectivity index (χ0) is 24.2. The molecule has 5 rings (SSSR count). The van der Waals surface area contributed by atoms with E-state index in [1.54, 1.807) is 17.0 Å². The van der Waals surface area contributed by atoms with Gasteiger partial charge in [-0.1, -0.05) is 31.5 Å². The van der Waals surface area contributed by atoms with Crippen molar-refractivity contribution in [3.63, 3.8) is 0 Å². The zero-order valence-electron chi connectivity index (χ0n) is 19.3. The van der Waals surface area contributed by atoms with Crippen molar-refractivity contribution in [1.82, 2.24) is 20.5 Å². The Balaban J connectivity index is 1.39. The fraction of sp³-hybridized carbons (Fsp3) is 0.520. The van der Waals surface area contributed by atoms with E-state index in [0.29, 0.717) is 36.5 Å². The summed E-state index contributed by atoms with van der Waals surface area (Å²) in [7, 11) is 0. The summed E-state index contributed by atoms with van der Waals surface area (Å²) in [5.41, 5.74) is 1.05. The first-order valence-corrected chi connectivity index (χ1v) is 12.2. The molecule has 3 heterocycles. The maximum absolute atomic E-state index is 13.6. The molecule has 2 aromatic rings.